The van der Waals surface area contributed by atoms with E-state index in [-0.39, 0.29) is 18.1 Å². The summed E-state index contributed by atoms with van der Waals surface area (Å²) >= 11 is 5.60. The van der Waals surface area contributed by atoms with Gasteiger partial charge in [-0.05, 0) is 26.7 Å². The molecular formula is C10H20ClNO2. The number of hydrogen-bond donors (Lipinski definition) is 1. The Morgan fingerprint density at radius 1 is 1.50 bits per heavy atom. The molecule has 0 aromatic carbocycles. The molecule has 0 fully saturated rings. The van der Waals surface area contributed by atoms with E-state index in [0.29, 0.717) is 18.3 Å². The van der Waals surface area contributed by atoms with Gasteiger partial charge in [-0.1, -0.05) is 6.92 Å². The topological polar surface area (TPSA) is 38.3 Å². The minimum atomic E-state index is -0.268. The average Bonchev–Trinajstić information content (AvgIpc) is 2.09. The molecule has 1 amide bonds. The summed E-state index contributed by atoms with van der Waals surface area (Å²) in [6.07, 6.45) is 0. The fraction of sp³-hybridized carbons (Fsp3) is 0.900. The Morgan fingerprint density at radius 3 is 2.50 bits per heavy atom. The predicted molar refractivity (Wildman–Crippen MR) is 58.6 cm³/mol. The summed E-state index contributed by atoms with van der Waals surface area (Å²) in [5.41, 5.74) is -0.268. The summed E-state index contributed by atoms with van der Waals surface area (Å²) in [6.45, 7) is 8.46. The lowest BCUT2D eigenvalue weighted by Gasteiger charge is -2.19. The van der Waals surface area contributed by atoms with Crippen molar-refractivity contribution >= 4 is 17.5 Å². The lowest BCUT2D eigenvalue weighted by molar-refractivity contribution is -0.130. The molecule has 1 unspecified atom stereocenters. The molecule has 14 heavy (non-hydrogen) atoms. The van der Waals surface area contributed by atoms with Gasteiger partial charge in [-0.2, -0.15) is 0 Å². The molecule has 0 radical (unpaired) electrons. The zero-order chi connectivity index (χ0) is 11.2. The van der Waals surface area contributed by atoms with Gasteiger partial charge in [-0.25, -0.2) is 0 Å². The maximum absolute atomic E-state index is 11.2. The Hall–Kier alpha value is -0.280. The molecule has 0 bridgehead atoms. The van der Waals surface area contributed by atoms with Gasteiger partial charge in [0.15, 0.2) is 0 Å². The molecule has 0 saturated carbocycles. The third-order valence-electron chi connectivity index (χ3n) is 1.55. The molecule has 0 spiro atoms. The van der Waals surface area contributed by atoms with E-state index in [9.17, 15) is 4.79 Å². The molecule has 0 aromatic heterocycles. The average molecular weight is 222 g/mol. The Labute approximate surface area is 91.2 Å². The van der Waals surface area contributed by atoms with E-state index in [1.165, 1.54) is 0 Å². The second-order valence-corrected chi connectivity index (χ2v) is 4.77. The first-order valence-electron chi connectivity index (χ1n) is 4.82. The Morgan fingerprint density at radius 2 is 2.07 bits per heavy atom. The summed E-state index contributed by atoms with van der Waals surface area (Å²) in [7, 11) is 0. The van der Waals surface area contributed by atoms with Crippen molar-refractivity contribution in [2.24, 2.45) is 5.92 Å². The van der Waals surface area contributed by atoms with E-state index in [1.54, 1.807) is 0 Å². The highest BCUT2D eigenvalue weighted by atomic mass is 35.5. The number of carbonyl (C=O) groups excluding carboxylic acids is 1. The van der Waals surface area contributed by atoms with Crippen LogP contribution in [0.1, 0.15) is 27.7 Å². The molecule has 3 nitrogen and oxygen atoms in total. The van der Waals surface area contributed by atoms with E-state index in [2.05, 4.69) is 5.32 Å². The van der Waals surface area contributed by atoms with Gasteiger partial charge in [0, 0.05) is 12.4 Å². The predicted octanol–water partition coefficient (Wildman–Crippen LogP) is 1.79. The first kappa shape index (κ1) is 13.7. The zero-order valence-corrected chi connectivity index (χ0v) is 10.1. The Kier molecular flexibility index (Phi) is 6.12. The summed E-state index contributed by atoms with van der Waals surface area (Å²) in [6, 6.07) is 0. The van der Waals surface area contributed by atoms with Crippen LogP contribution in [0.4, 0.5) is 0 Å². The van der Waals surface area contributed by atoms with E-state index in [1.807, 2.05) is 27.7 Å². The Bertz CT molecular complexity index is 177. The van der Waals surface area contributed by atoms with E-state index in [4.69, 9.17) is 16.3 Å². The van der Waals surface area contributed by atoms with Crippen molar-refractivity contribution < 1.29 is 9.53 Å². The van der Waals surface area contributed by atoms with Crippen LogP contribution in [-0.2, 0) is 9.53 Å². The van der Waals surface area contributed by atoms with Crippen LogP contribution in [-0.4, -0.2) is 30.5 Å². The van der Waals surface area contributed by atoms with Gasteiger partial charge in [-0.3, -0.25) is 4.79 Å². The molecule has 1 N–H and O–H groups in total. The van der Waals surface area contributed by atoms with Gasteiger partial charge in [0.1, 0.15) is 6.61 Å². The molecule has 0 aliphatic heterocycles. The molecule has 4 heteroatoms. The number of halogens is 1. The van der Waals surface area contributed by atoms with E-state index < -0.39 is 0 Å². The Balaban J connectivity index is 3.57. The molecule has 84 valence electrons. The number of ether oxygens (including phenoxy) is 1. The van der Waals surface area contributed by atoms with E-state index >= 15 is 0 Å². The van der Waals surface area contributed by atoms with Crippen molar-refractivity contribution in [3.05, 3.63) is 0 Å². The summed E-state index contributed by atoms with van der Waals surface area (Å²) < 4.78 is 5.31. The van der Waals surface area contributed by atoms with Crippen molar-refractivity contribution in [2.75, 3.05) is 19.0 Å². The SMILES string of the molecule is CC(CCl)CNC(=O)COC(C)(C)C. The van der Waals surface area contributed by atoms with Crippen LogP contribution >= 0.6 is 11.6 Å². The van der Waals surface area contributed by atoms with Crippen LogP contribution in [0.15, 0.2) is 0 Å². The standard InChI is InChI=1S/C10H20ClNO2/c1-8(5-11)6-12-9(13)7-14-10(2,3)4/h8H,5-7H2,1-4H3,(H,12,13). The minimum Gasteiger partial charge on any atom is -0.366 e. The second kappa shape index (κ2) is 6.25. The molecule has 0 heterocycles. The van der Waals surface area contributed by atoms with Crippen molar-refractivity contribution in [1.29, 1.82) is 0 Å². The quantitative estimate of drug-likeness (QED) is 0.719. The fourth-order valence-electron chi connectivity index (χ4n) is 0.676. The smallest absolute Gasteiger partial charge is 0.246 e. The van der Waals surface area contributed by atoms with Gasteiger partial charge >= 0.3 is 0 Å². The number of alkyl halides is 1. The fourth-order valence-corrected chi connectivity index (χ4v) is 0.785. The van der Waals surface area contributed by atoms with Gasteiger partial charge in [0.2, 0.25) is 5.91 Å². The first-order chi connectivity index (χ1) is 6.35. The molecular weight excluding hydrogens is 202 g/mol. The maximum atomic E-state index is 11.2. The largest absolute Gasteiger partial charge is 0.366 e. The molecule has 0 saturated heterocycles. The third-order valence-corrected chi connectivity index (χ3v) is 2.07. The number of nitrogens with one attached hydrogen (secondary N) is 1. The minimum absolute atomic E-state index is 0.0862. The van der Waals surface area contributed by atoms with Crippen molar-refractivity contribution in [1.82, 2.24) is 5.32 Å². The highest BCUT2D eigenvalue weighted by Gasteiger charge is 2.12. The van der Waals surface area contributed by atoms with Crippen molar-refractivity contribution in [3.63, 3.8) is 0 Å². The molecule has 0 rings (SSSR count). The van der Waals surface area contributed by atoms with Crippen LogP contribution in [0, 0.1) is 5.92 Å². The van der Waals surface area contributed by atoms with Gasteiger partial charge in [0.05, 0.1) is 5.60 Å². The van der Waals surface area contributed by atoms with Crippen molar-refractivity contribution in [3.8, 4) is 0 Å². The molecule has 0 aromatic rings. The van der Waals surface area contributed by atoms with Gasteiger partial charge < -0.3 is 10.1 Å². The van der Waals surface area contributed by atoms with E-state index in [0.717, 1.165) is 0 Å². The zero-order valence-electron chi connectivity index (χ0n) is 9.39. The maximum Gasteiger partial charge on any atom is 0.246 e. The molecule has 0 aliphatic carbocycles. The summed E-state index contributed by atoms with van der Waals surface area (Å²) in [5.74, 6) is 0.771. The highest BCUT2D eigenvalue weighted by Crippen LogP contribution is 2.05. The number of hydrogen-bond acceptors (Lipinski definition) is 2. The molecule has 1 atom stereocenters. The third kappa shape index (κ3) is 8.32. The molecule has 0 aliphatic rings. The van der Waals surface area contributed by atoms with Crippen LogP contribution in [0.2, 0.25) is 0 Å². The number of rotatable bonds is 5. The number of amides is 1. The normalized spacial score (nSPS) is 13.8. The summed E-state index contributed by atoms with van der Waals surface area (Å²) in [4.78, 5) is 11.2. The first-order valence-corrected chi connectivity index (χ1v) is 5.35. The van der Waals surface area contributed by atoms with Crippen LogP contribution in [0.25, 0.3) is 0 Å². The number of carbonyl (C=O) groups is 1. The van der Waals surface area contributed by atoms with Crippen LogP contribution < -0.4 is 5.32 Å². The summed E-state index contributed by atoms with van der Waals surface area (Å²) in [5, 5.41) is 2.76. The van der Waals surface area contributed by atoms with Gasteiger partial charge in [0.25, 0.3) is 0 Å². The van der Waals surface area contributed by atoms with Crippen LogP contribution in [0.5, 0.6) is 0 Å². The van der Waals surface area contributed by atoms with Crippen molar-refractivity contribution in [2.45, 2.75) is 33.3 Å². The monoisotopic (exact) mass is 221 g/mol. The lowest BCUT2D eigenvalue weighted by Crippen LogP contribution is -2.34. The lowest BCUT2D eigenvalue weighted by atomic mass is 10.2. The highest BCUT2D eigenvalue weighted by molar-refractivity contribution is 6.18. The van der Waals surface area contributed by atoms with Crippen LogP contribution in [0.3, 0.4) is 0 Å². The van der Waals surface area contributed by atoms with Gasteiger partial charge in [-0.15, -0.1) is 11.6 Å². The second-order valence-electron chi connectivity index (χ2n) is 4.46.